The van der Waals surface area contributed by atoms with E-state index in [-0.39, 0.29) is 0 Å². The molecule has 1 saturated carbocycles. The zero-order valence-electron chi connectivity index (χ0n) is 11.4. The van der Waals surface area contributed by atoms with Crippen LogP contribution in [0.25, 0.3) is 0 Å². The Labute approximate surface area is 118 Å². The number of ether oxygens (including phenoxy) is 1. The van der Waals surface area contributed by atoms with Gasteiger partial charge in [0.1, 0.15) is 5.75 Å². The van der Waals surface area contributed by atoms with Gasteiger partial charge in [-0.3, -0.25) is 0 Å². The maximum absolute atomic E-state index is 5.29. The van der Waals surface area contributed by atoms with Gasteiger partial charge in [-0.15, -0.1) is 0 Å². The molecular weight excluding hydrogens is 290 g/mol. The Balaban J connectivity index is 2.16. The number of rotatable bonds is 6. The Kier molecular flexibility index (Phi) is 4.68. The number of hydrogen-bond donors (Lipinski definition) is 1. The number of halogens is 1. The van der Waals surface area contributed by atoms with Gasteiger partial charge in [0.15, 0.2) is 0 Å². The van der Waals surface area contributed by atoms with Crippen LogP contribution in [0.1, 0.15) is 38.3 Å². The fraction of sp³-hybridized carbons (Fsp3) is 0.600. The molecule has 0 radical (unpaired) electrons. The molecule has 1 aliphatic rings. The van der Waals surface area contributed by atoms with Gasteiger partial charge in [-0.2, -0.15) is 0 Å². The zero-order chi connectivity index (χ0) is 13.1. The van der Waals surface area contributed by atoms with Crippen molar-refractivity contribution in [2.75, 3.05) is 13.7 Å². The highest BCUT2D eigenvalue weighted by Gasteiger charge is 2.39. The molecule has 0 spiro atoms. The molecule has 3 atom stereocenters. The molecule has 1 aliphatic carbocycles. The van der Waals surface area contributed by atoms with E-state index >= 15 is 0 Å². The van der Waals surface area contributed by atoms with Gasteiger partial charge in [0.05, 0.1) is 11.6 Å². The minimum Gasteiger partial charge on any atom is -0.496 e. The monoisotopic (exact) mass is 311 g/mol. The Bertz CT molecular complexity index is 407. The van der Waals surface area contributed by atoms with Gasteiger partial charge in [0, 0.05) is 6.04 Å². The predicted octanol–water partition coefficient (Wildman–Crippen LogP) is 4.15. The molecule has 3 unspecified atom stereocenters. The van der Waals surface area contributed by atoms with Crippen molar-refractivity contribution >= 4 is 15.9 Å². The van der Waals surface area contributed by atoms with Crippen LogP contribution in [0.15, 0.2) is 22.7 Å². The molecule has 0 heterocycles. The average molecular weight is 312 g/mol. The molecule has 2 nitrogen and oxygen atoms in total. The predicted molar refractivity (Wildman–Crippen MR) is 79.0 cm³/mol. The summed E-state index contributed by atoms with van der Waals surface area (Å²) in [5.74, 6) is 2.54. The van der Waals surface area contributed by atoms with Crippen LogP contribution in [0, 0.1) is 11.8 Å². The lowest BCUT2D eigenvalue weighted by Gasteiger charge is -2.20. The van der Waals surface area contributed by atoms with E-state index in [0.717, 1.165) is 28.6 Å². The molecule has 0 amide bonds. The topological polar surface area (TPSA) is 21.3 Å². The molecular formula is C15H22BrNO. The van der Waals surface area contributed by atoms with Crippen LogP contribution in [0.3, 0.4) is 0 Å². The van der Waals surface area contributed by atoms with E-state index in [9.17, 15) is 0 Å². The summed E-state index contributed by atoms with van der Waals surface area (Å²) in [6.45, 7) is 5.63. The van der Waals surface area contributed by atoms with Gasteiger partial charge >= 0.3 is 0 Å². The Morgan fingerprint density at radius 1 is 1.50 bits per heavy atom. The summed E-state index contributed by atoms with van der Waals surface area (Å²) in [7, 11) is 1.70. The third-order valence-electron chi connectivity index (χ3n) is 3.75. The third-order valence-corrected chi connectivity index (χ3v) is 4.37. The van der Waals surface area contributed by atoms with Crippen molar-refractivity contribution in [1.29, 1.82) is 0 Å². The first-order chi connectivity index (χ1) is 8.67. The first kappa shape index (κ1) is 13.9. The Morgan fingerprint density at radius 2 is 2.22 bits per heavy atom. The third kappa shape index (κ3) is 3.07. The molecule has 0 aromatic heterocycles. The lowest BCUT2D eigenvalue weighted by molar-refractivity contribution is 0.410. The first-order valence-corrected chi connectivity index (χ1v) is 7.53. The van der Waals surface area contributed by atoms with E-state index in [1.807, 2.05) is 6.07 Å². The Morgan fingerprint density at radius 3 is 2.72 bits per heavy atom. The van der Waals surface area contributed by atoms with Gasteiger partial charge in [-0.25, -0.2) is 0 Å². The molecule has 0 aliphatic heterocycles. The van der Waals surface area contributed by atoms with E-state index in [1.165, 1.54) is 18.4 Å². The molecule has 18 heavy (non-hydrogen) atoms. The van der Waals surface area contributed by atoms with E-state index in [2.05, 4.69) is 47.2 Å². The van der Waals surface area contributed by atoms with E-state index in [4.69, 9.17) is 4.74 Å². The molecule has 1 N–H and O–H groups in total. The van der Waals surface area contributed by atoms with Crippen LogP contribution < -0.4 is 10.1 Å². The molecule has 1 aromatic carbocycles. The molecule has 100 valence electrons. The van der Waals surface area contributed by atoms with E-state index < -0.39 is 0 Å². The van der Waals surface area contributed by atoms with Gasteiger partial charge in [-0.1, -0.05) is 19.9 Å². The lowest BCUT2D eigenvalue weighted by Crippen LogP contribution is -2.24. The number of benzene rings is 1. The maximum atomic E-state index is 5.29. The summed E-state index contributed by atoms with van der Waals surface area (Å²) in [6.07, 6.45) is 2.51. The number of hydrogen-bond acceptors (Lipinski definition) is 2. The van der Waals surface area contributed by atoms with Crippen molar-refractivity contribution < 1.29 is 4.74 Å². The average Bonchev–Trinajstić information content (AvgIpc) is 3.07. The standard InChI is InChI=1S/C15H22BrNO/c1-4-7-17-15(12-8-10(12)2)11-5-6-14(18-3)13(16)9-11/h5-6,9-10,12,15,17H,4,7-8H2,1-3H3. The van der Waals surface area contributed by atoms with Gasteiger partial charge in [-0.05, 0) is 64.8 Å². The number of nitrogens with one attached hydrogen (secondary N) is 1. The summed E-state index contributed by atoms with van der Waals surface area (Å²) in [5.41, 5.74) is 1.37. The summed E-state index contributed by atoms with van der Waals surface area (Å²) in [6, 6.07) is 6.91. The second-order valence-electron chi connectivity index (χ2n) is 5.20. The fourth-order valence-corrected chi connectivity index (χ4v) is 3.07. The maximum Gasteiger partial charge on any atom is 0.133 e. The van der Waals surface area contributed by atoms with Crippen molar-refractivity contribution in [3.8, 4) is 5.75 Å². The zero-order valence-corrected chi connectivity index (χ0v) is 13.0. The second kappa shape index (κ2) is 6.07. The minimum absolute atomic E-state index is 0.488. The minimum atomic E-state index is 0.488. The van der Waals surface area contributed by atoms with Crippen molar-refractivity contribution in [3.63, 3.8) is 0 Å². The van der Waals surface area contributed by atoms with Crippen molar-refractivity contribution in [3.05, 3.63) is 28.2 Å². The van der Waals surface area contributed by atoms with E-state index in [1.54, 1.807) is 7.11 Å². The van der Waals surface area contributed by atoms with Gasteiger partial charge in [0.25, 0.3) is 0 Å². The highest BCUT2D eigenvalue weighted by molar-refractivity contribution is 9.10. The SMILES string of the molecule is CCCNC(c1ccc(OC)c(Br)c1)C1CC1C. The highest BCUT2D eigenvalue weighted by atomic mass is 79.9. The summed E-state index contributed by atoms with van der Waals surface area (Å²) >= 11 is 3.58. The summed E-state index contributed by atoms with van der Waals surface area (Å²) < 4.78 is 6.33. The fourth-order valence-electron chi connectivity index (χ4n) is 2.51. The van der Waals surface area contributed by atoms with Gasteiger partial charge < -0.3 is 10.1 Å². The van der Waals surface area contributed by atoms with Crippen LogP contribution in [-0.2, 0) is 0 Å². The van der Waals surface area contributed by atoms with Crippen molar-refractivity contribution in [2.24, 2.45) is 11.8 Å². The molecule has 0 bridgehead atoms. The quantitative estimate of drug-likeness (QED) is 0.852. The van der Waals surface area contributed by atoms with Crippen molar-refractivity contribution in [1.82, 2.24) is 5.32 Å². The molecule has 3 heteroatoms. The summed E-state index contributed by atoms with van der Waals surface area (Å²) in [4.78, 5) is 0. The van der Waals surface area contributed by atoms with Gasteiger partial charge in [0.2, 0.25) is 0 Å². The lowest BCUT2D eigenvalue weighted by atomic mass is 10.0. The van der Waals surface area contributed by atoms with Crippen LogP contribution in [0.4, 0.5) is 0 Å². The normalized spacial score (nSPS) is 23.8. The first-order valence-electron chi connectivity index (χ1n) is 6.74. The van der Waals surface area contributed by atoms with E-state index in [0.29, 0.717) is 6.04 Å². The molecule has 1 aromatic rings. The molecule has 0 saturated heterocycles. The Hall–Kier alpha value is -0.540. The second-order valence-corrected chi connectivity index (χ2v) is 6.06. The van der Waals surface area contributed by atoms with Crippen molar-refractivity contribution in [2.45, 2.75) is 32.7 Å². The largest absolute Gasteiger partial charge is 0.496 e. The highest BCUT2D eigenvalue weighted by Crippen LogP contribution is 2.47. The number of methoxy groups -OCH3 is 1. The molecule has 1 fully saturated rings. The smallest absolute Gasteiger partial charge is 0.133 e. The summed E-state index contributed by atoms with van der Waals surface area (Å²) in [5, 5.41) is 3.68. The van der Waals surface area contributed by atoms with Crippen LogP contribution in [0.2, 0.25) is 0 Å². The molecule has 2 rings (SSSR count). The van der Waals surface area contributed by atoms with Crippen LogP contribution >= 0.6 is 15.9 Å². The van der Waals surface area contributed by atoms with Crippen LogP contribution in [-0.4, -0.2) is 13.7 Å². The van der Waals surface area contributed by atoms with Crippen LogP contribution in [0.5, 0.6) is 5.75 Å².